The molecule has 0 saturated carbocycles. The summed E-state index contributed by atoms with van der Waals surface area (Å²) < 4.78 is 35.4. The van der Waals surface area contributed by atoms with Crippen LogP contribution in [-0.4, -0.2) is 17.1 Å². The van der Waals surface area contributed by atoms with Crippen molar-refractivity contribution in [1.29, 1.82) is 0 Å². The second-order valence-electron chi connectivity index (χ2n) is 3.14. The molecule has 7 heteroatoms. The summed E-state index contributed by atoms with van der Waals surface area (Å²) in [5, 5.41) is 2.28. The van der Waals surface area contributed by atoms with Gasteiger partial charge in [0.1, 0.15) is 5.82 Å². The minimum Gasteiger partial charge on any atom is -0.384 e. The molecule has 4 nitrogen and oxygen atoms in total. The van der Waals surface area contributed by atoms with Crippen LogP contribution < -0.4 is 11.1 Å². The highest BCUT2D eigenvalue weighted by Gasteiger charge is 2.27. The van der Waals surface area contributed by atoms with E-state index in [2.05, 4.69) is 10.3 Å². The number of nitrogens with two attached hydrogens (primary N) is 1. The number of alkyl halides is 3. The lowest BCUT2D eigenvalue weighted by atomic mass is 10.3. The lowest BCUT2D eigenvalue weighted by Crippen LogP contribution is -2.16. The first-order chi connectivity index (χ1) is 7.37. The number of hydrogen-bond donors (Lipinski definition) is 2. The number of halogens is 3. The van der Waals surface area contributed by atoms with Crippen molar-refractivity contribution in [2.75, 3.05) is 11.1 Å². The number of rotatable bonds is 3. The minimum atomic E-state index is -4.32. The number of nitrogens with zero attached hydrogens (tertiary/aromatic N) is 1. The third-order valence-corrected chi connectivity index (χ3v) is 1.71. The van der Waals surface area contributed by atoms with Crippen LogP contribution in [0.1, 0.15) is 12.8 Å². The zero-order chi connectivity index (χ0) is 12.2. The summed E-state index contributed by atoms with van der Waals surface area (Å²) in [6.07, 6.45) is -4.79. The Morgan fingerprint density at radius 2 is 2.12 bits per heavy atom. The van der Waals surface area contributed by atoms with E-state index < -0.39 is 24.9 Å². The fourth-order valence-electron chi connectivity index (χ4n) is 0.958. The molecule has 0 radical (unpaired) electrons. The zero-order valence-electron chi connectivity index (χ0n) is 8.21. The van der Waals surface area contributed by atoms with Crippen LogP contribution >= 0.6 is 0 Å². The van der Waals surface area contributed by atoms with E-state index in [1.54, 1.807) is 0 Å². The predicted molar refractivity (Wildman–Crippen MR) is 52.6 cm³/mol. The first kappa shape index (κ1) is 12.3. The van der Waals surface area contributed by atoms with Crippen LogP contribution in [0.5, 0.6) is 0 Å². The Morgan fingerprint density at radius 1 is 1.44 bits per heavy atom. The van der Waals surface area contributed by atoms with E-state index in [9.17, 15) is 18.0 Å². The van der Waals surface area contributed by atoms with Gasteiger partial charge in [-0.3, -0.25) is 4.79 Å². The Labute approximate surface area is 89.7 Å². The predicted octanol–water partition coefficient (Wildman–Crippen LogP) is 1.94. The van der Waals surface area contributed by atoms with Crippen molar-refractivity contribution < 1.29 is 18.0 Å². The smallest absolute Gasteiger partial charge is 0.384 e. The third kappa shape index (κ3) is 4.63. The number of nitrogen functional groups attached to an aromatic ring is 1. The van der Waals surface area contributed by atoms with E-state index in [0.717, 1.165) is 0 Å². The number of carbonyl (C=O) groups excluding carboxylic acids is 1. The van der Waals surface area contributed by atoms with E-state index in [1.165, 1.54) is 18.3 Å². The third-order valence-electron chi connectivity index (χ3n) is 1.71. The molecule has 0 saturated heterocycles. The summed E-state index contributed by atoms with van der Waals surface area (Å²) in [6.45, 7) is 0. The number of carbonyl (C=O) groups is 1. The van der Waals surface area contributed by atoms with Crippen molar-refractivity contribution >= 4 is 17.4 Å². The molecule has 1 heterocycles. The van der Waals surface area contributed by atoms with Gasteiger partial charge in [-0.15, -0.1) is 0 Å². The molecule has 0 aliphatic carbocycles. The Balaban J connectivity index is 2.43. The van der Waals surface area contributed by atoms with Crippen molar-refractivity contribution in [2.45, 2.75) is 19.0 Å². The Kier molecular flexibility index (Phi) is 3.70. The first-order valence-electron chi connectivity index (χ1n) is 4.45. The van der Waals surface area contributed by atoms with E-state index in [0.29, 0.717) is 5.69 Å². The van der Waals surface area contributed by atoms with Gasteiger partial charge in [-0.1, -0.05) is 0 Å². The van der Waals surface area contributed by atoms with Gasteiger partial charge in [0.2, 0.25) is 5.91 Å². The van der Waals surface area contributed by atoms with Gasteiger partial charge in [0, 0.05) is 6.42 Å². The standard InChI is InChI=1S/C9H10F3N3O/c10-9(11,12)4-3-8(16)15-6-1-2-7(13)14-5-6/h1-2,5H,3-4H2,(H2,13,14)(H,15,16). The van der Waals surface area contributed by atoms with Crippen LogP contribution in [0, 0.1) is 0 Å². The summed E-state index contributed by atoms with van der Waals surface area (Å²) in [5.74, 6) is -0.433. The Morgan fingerprint density at radius 3 is 2.62 bits per heavy atom. The van der Waals surface area contributed by atoms with Crippen LogP contribution in [0.4, 0.5) is 24.7 Å². The second kappa shape index (κ2) is 4.82. The highest BCUT2D eigenvalue weighted by Crippen LogP contribution is 2.21. The molecule has 1 aromatic rings. The lowest BCUT2D eigenvalue weighted by Gasteiger charge is -2.07. The van der Waals surface area contributed by atoms with Crippen molar-refractivity contribution in [3.05, 3.63) is 18.3 Å². The van der Waals surface area contributed by atoms with E-state index in [-0.39, 0.29) is 5.82 Å². The highest BCUT2D eigenvalue weighted by molar-refractivity contribution is 5.90. The average Bonchev–Trinajstić information content (AvgIpc) is 2.18. The van der Waals surface area contributed by atoms with Crippen LogP contribution in [0.25, 0.3) is 0 Å². The Bertz CT molecular complexity index is 361. The molecule has 0 fully saturated rings. The van der Waals surface area contributed by atoms with Gasteiger partial charge in [0.25, 0.3) is 0 Å². The molecule has 1 amide bonds. The molecule has 0 atom stereocenters. The maximum atomic E-state index is 11.8. The van der Waals surface area contributed by atoms with Crippen LogP contribution in [0.15, 0.2) is 18.3 Å². The van der Waals surface area contributed by atoms with Gasteiger partial charge >= 0.3 is 6.18 Å². The summed E-state index contributed by atoms with van der Waals surface area (Å²) >= 11 is 0. The lowest BCUT2D eigenvalue weighted by molar-refractivity contribution is -0.142. The van der Waals surface area contributed by atoms with Gasteiger partial charge in [0.15, 0.2) is 0 Å². The van der Waals surface area contributed by atoms with Crippen molar-refractivity contribution in [3.63, 3.8) is 0 Å². The van der Waals surface area contributed by atoms with Crippen molar-refractivity contribution in [1.82, 2.24) is 4.98 Å². The minimum absolute atomic E-state index is 0.272. The first-order valence-corrected chi connectivity index (χ1v) is 4.45. The molecule has 88 valence electrons. The summed E-state index contributed by atoms with van der Waals surface area (Å²) in [6, 6.07) is 2.91. The number of anilines is 2. The number of aromatic nitrogens is 1. The molecule has 1 aromatic heterocycles. The molecule has 0 spiro atoms. The van der Waals surface area contributed by atoms with Gasteiger partial charge in [-0.2, -0.15) is 13.2 Å². The van der Waals surface area contributed by atoms with Gasteiger partial charge in [0.05, 0.1) is 18.3 Å². The van der Waals surface area contributed by atoms with E-state index in [4.69, 9.17) is 5.73 Å². The van der Waals surface area contributed by atoms with Crippen molar-refractivity contribution in [2.24, 2.45) is 0 Å². The van der Waals surface area contributed by atoms with E-state index in [1.807, 2.05) is 0 Å². The van der Waals surface area contributed by atoms with Gasteiger partial charge in [-0.05, 0) is 12.1 Å². The number of hydrogen-bond acceptors (Lipinski definition) is 3. The number of nitrogens with one attached hydrogen (secondary N) is 1. The molecule has 1 rings (SSSR count). The molecular weight excluding hydrogens is 223 g/mol. The van der Waals surface area contributed by atoms with E-state index >= 15 is 0 Å². The molecule has 0 unspecified atom stereocenters. The van der Waals surface area contributed by atoms with Crippen LogP contribution in [0.3, 0.4) is 0 Å². The SMILES string of the molecule is Nc1ccc(NC(=O)CCC(F)(F)F)cn1. The largest absolute Gasteiger partial charge is 0.389 e. The number of amides is 1. The summed E-state index contributed by atoms with van der Waals surface area (Å²) in [4.78, 5) is 14.8. The second-order valence-corrected chi connectivity index (χ2v) is 3.14. The number of pyridine rings is 1. The normalized spacial score (nSPS) is 11.2. The molecule has 3 N–H and O–H groups in total. The molecule has 0 aliphatic heterocycles. The van der Waals surface area contributed by atoms with Crippen LogP contribution in [0.2, 0.25) is 0 Å². The maximum absolute atomic E-state index is 11.8. The van der Waals surface area contributed by atoms with Gasteiger partial charge < -0.3 is 11.1 Å². The molecule has 16 heavy (non-hydrogen) atoms. The molecule has 0 bridgehead atoms. The Hall–Kier alpha value is -1.79. The maximum Gasteiger partial charge on any atom is 0.389 e. The summed E-state index contributed by atoms with van der Waals surface area (Å²) in [5.41, 5.74) is 5.62. The molecule has 0 aliphatic rings. The highest BCUT2D eigenvalue weighted by atomic mass is 19.4. The fraction of sp³-hybridized carbons (Fsp3) is 0.333. The molecule has 0 aromatic carbocycles. The summed E-state index contributed by atoms with van der Waals surface area (Å²) in [7, 11) is 0. The monoisotopic (exact) mass is 233 g/mol. The quantitative estimate of drug-likeness (QED) is 0.838. The molecular formula is C9H10F3N3O. The average molecular weight is 233 g/mol. The van der Waals surface area contributed by atoms with Crippen LogP contribution in [-0.2, 0) is 4.79 Å². The topological polar surface area (TPSA) is 68.0 Å². The van der Waals surface area contributed by atoms with Gasteiger partial charge in [-0.25, -0.2) is 4.98 Å². The fourth-order valence-corrected chi connectivity index (χ4v) is 0.958. The zero-order valence-corrected chi connectivity index (χ0v) is 8.21. The van der Waals surface area contributed by atoms with Crippen molar-refractivity contribution in [3.8, 4) is 0 Å².